The van der Waals surface area contributed by atoms with Crippen molar-refractivity contribution in [2.24, 2.45) is 0 Å². The standard InChI is InChI=1S/C24H16F2N4O/c1-3-14(2)28-24(31)17-12-20-23(27-13-17)30-22(16-6-10-19(26)11-7-16)21(29-20)15-4-8-18(25)9-5-15/h1,4-14H,2H3,(H,28,31). The molecule has 0 spiro atoms. The second-order valence-corrected chi connectivity index (χ2v) is 6.86. The molecule has 0 aliphatic carbocycles. The molecular formula is C24H16F2N4O. The maximum Gasteiger partial charge on any atom is 0.253 e. The summed E-state index contributed by atoms with van der Waals surface area (Å²) in [5.41, 5.74) is 3.13. The summed E-state index contributed by atoms with van der Waals surface area (Å²) < 4.78 is 26.9. The minimum Gasteiger partial charge on any atom is -0.339 e. The Balaban J connectivity index is 1.88. The number of fused-ring (bicyclic) bond motifs is 1. The molecule has 0 saturated heterocycles. The van der Waals surface area contributed by atoms with Gasteiger partial charge in [-0.2, -0.15) is 0 Å². The van der Waals surface area contributed by atoms with Crippen molar-refractivity contribution in [3.63, 3.8) is 0 Å². The zero-order valence-corrected chi connectivity index (χ0v) is 16.4. The zero-order valence-electron chi connectivity index (χ0n) is 16.4. The van der Waals surface area contributed by atoms with E-state index in [1.54, 1.807) is 37.3 Å². The molecule has 152 valence electrons. The van der Waals surface area contributed by atoms with Gasteiger partial charge in [0.15, 0.2) is 5.65 Å². The van der Waals surface area contributed by atoms with Crippen molar-refractivity contribution >= 4 is 17.1 Å². The molecule has 4 aromatic rings. The first kappa shape index (κ1) is 20.1. The summed E-state index contributed by atoms with van der Waals surface area (Å²) in [6.07, 6.45) is 6.70. The van der Waals surface area contributed by atoms with Crippen molar-refractivity contribution in [1.82, 2.24) is 20.3 Å². The lowest BCUT2D eigenvalue weighted by atomic mass is 10.0. The number of rotatable bonds is 4. The van der Waals surface area contributed by atoms with Crippen LogP contribution in [0.15, 0.2) is 60.8 Å². The average molecular weight is 414 g/mol. The number of hydrogen-bond acceptors (Lipinski definition) is 4. The molecule has 0 aliphatic rings. The molecule has 1 unspecified atom stereocenters. The van der Waals surface area contributed by atoms with Crippen LogP contribution >= 0.6 is 0 Å². The Morgan fingerprint density at radius 2 is 1.52 bits per heavy atom. The van der Waals surface area contributed by atoms with Gasteiger partial charge in [-0.1, -0.05) is 5.92 Å². The highest BCUT2D eigenvalue weighted by Gasteiger charge is 2.16. The molecule has 0 aliphatic heterocycles. The Morgan fingerprint density at radius 1 is 0.968 bits per heavy atom. The van der Waals surface area contributed by atoms with Crippen LogP contribution in [0.3, 0.4) is 0 Å². The number of pyridine rings is 1. The molecule has 2 heterocycles. The molecule has 0 radical (unpaired) electrons. The van der Waals surface area contributed by atoms with Gasteiger partial charge >= 0.3 is 0 Å². The lowest BCUT2D eigenvalue weighted by Crippen LogP contribution is -2.31. The first-order valence-corrected chi connectivity index (χ1v) is 9.41. The second-order valence-electron chi connectivity index (χ2n) is 6.86. The van der Waals surface area contributed by atoms with Crippen LogP contribution in [0.25, 0.3) is 33.7 Å². The Morgan fingerprint density at radius 3 is 2.06 bits per heavy atom. The Bertz CT molecular complexity index is 1310. The maximum absolute atomic E-state index is 13.5. The third-order valence-corrected chi connectivity index (χ3v) is 4.62. The van der Waals surface area contributed by atoms with Gasteiger partial charge in [-0.25, -0.2) is 23.7 Å². The van der Waals surface area contributed by atoms with E-state index in [9.17, 15) is 13.6 Å². The van der Waals surface area contributed by atoms with Gasteiger partial charge in [0.1, 0.15) is 17.2 Å². The highest BCUT2D eigenvalue weighted by Crippen LogP contribution is 2.31. The van der Waals surface area contributed by atoms with Crippen LogP contribution in [-0.2, 0) is 0 Å². The van der Waals surface area contributed by atoms with Crippen LogP contribution in [0.5, 0.6) is 0 Å². The topological polar surface area (TPSA) is 67.8 Å². The van der Waals surface area contributed by atoms with Gasteiger partial charge in [-0.15, -0.1) is 6.42 Å². The monoisotopic (exact) mass is 414 g/mol. The number of hydrogen-bond donors (Lipinski definition) is 1. The minimum absolute atomic E-state index is 0.281. The van der Waals surface area contributed by atoms with Gasteiger partial charge < -0.3 is 5.32 Å². The van der Waals surface area contributed by atoms with Crippen LogP contribution in [0.2, 0.25) is 0 Å². The first-order chi connectivity index (χ1) is 14.9. The molecular weight excluding hydrogens is 398 g/mol. The molecule has 5 nitrogen and oxygen atoms in total. The van der Waals surface area contributed by atoms with Crippen LogP contribution in [0.1, 0.15) is 17.3 Å². The number of carbonyl (C=O) groups is 1. The lowest BCUT2D eigenvalue weighted by Gasteiger charge is -2.11. The van der Waals surface area contributed by atoms with E-state index in [4.69, 9.17) is 6.42 Å². The van der Waals surface area contributed by atoms with E-state index in [0.717, 1.165) is 0 Å². The molecule has 2 aromatic heterocycles. The fourth-order valence-corrected chi connectivity index (χ4v) is 3.01. The van der Waals surface area contributed by atoms with E-state index in [2.05, 4.69) is 26.2 Å². The van der Waals surface area contributed by atoms with Gasteiger partial charge in [0, 0.05) is 17.3 Å². The number of amides is 1. The molecule has 0 fully saturated rings. The Labute approximate surface area is 177 Å². The summed E-state index contributed by atoms with van der Waals surface area (Å²) in [6.45, 7) is 1.69. The minimum atomic E-state index is -0.440. The number of carbonyl (C=O) groups excluding carboxylic acids is 1. The van der Waals surface area contributed by atoms with E-state index in [-0.39, 0.29) is 23.1 Å². The van der Waals surface area contributed by atoms with Crippen molar-refractivity contribution < 1.29 is 13.6 Å². The molecule has 1 atom stereocenters. The van der Waals surface area contributed by atoms with E-state index in [1.807, 2.05) is 0 Å². The van der Waals surface area contributed by atoms with Crippen molar-refractivity contribution in [1.29, 1.82) is 0 Å². The van der Waals surface area contributed by atoms with Crippen molar-refractivity contribution in [3.8, 4) is 34.9 Å². The summed E-state index contributed by atoms with van der Waals surface area (Å²) in [6, 6.07) is 12.7. The number of halogens is 2. The first-order valence-electron chi connectivity index (χ1n) is 9.41. The summed E-state index contributed by atoms with van der Waals surface area (Å²) in [5.74, 6) is 1.28. The number of aromatic nitrogens is 3. The molecule has 7 heteroatoms. The molecule has 31 heavy (non-hydrogen) atoms. The highest BCUT2D eigenvalue weighted by atomic mass is 19.1. The largest absolute Gasteiger partial charge is 0.339 e. The number of benzene rings is 2. The summed E-state index contributed by atoms with van der Waals surface area (Å²) in [4.78, 5) is 25.9. The van der Waals surface area contributed by atoms with Crippen molar-refractivity contribution in [3.05, 3.63) is 78.0 Å². The summed E-state index contributed by atoms with van der Waals surface area (Å²) in [7, 11) is 0. The van der Waals surface area contributed by atoms with Gasteiger partial charge in [-0.3, -0.25) is 4.79 Å². The van der Waals surface area contributed by atoms with Gasteiger partial charge in [0.2, 0.25) is 0 Å². The third-order valence-electron chi connectivity index (χ3n) is 4.62. The Hall–Kier alpha value is -4.18. The number of nitrogens with one attached hydrogen (secondary N) is 1. The van der Waals surface area contributed by atoms with Crippen LogP contribution in [-0.4, -0.2) is 26.9 Å². The normalized spacial score (nSPS) is 11.7. The maximum atomic E-state index is 13.5. The summed E-state index contributed by atoms with van der Waals surface area (Å²) >= 11 is 0. The highest BCUT2D eigenvalue weighted by molar-refractivity contribution is 5.97. The van der Waals surface area contributed by atoms with E-state index in [1.165, 1.54) is 30.5 Å². The quantitative estimate of drug-likeness (QED) is 0.503. The number of nitrogens with zero attached hydrogens (tertiary/aromatic N) is 3. The van der Waals surface area contributed by atoms with Crippen LogP contribution in [0, 0.1) is 24.0 Å². The van der Waals surface area contributed by atoms with Crippen molar-refractivity contribution in [2.75, 3.05) is 0 Å². The predicted octanol–water partition coefficient (Wildman–Crippen LogP) is 4.39. The van der Waals surface area contributed by atoms with E-state index < -0.39 is 6.04 Å². The second kappa shape index (κ2) is 8.28. The molecule has 4 rings (SSSR count). The molecule has 2 aromatic carbocycles. The van der Waals surface area contributed by atoms with Gasteiger partial charge in [0.25, 0.3) is 5.91 Å². The fourth-order valence-electron chi connectivity index (χ4n) is 3.01. The zero-order chi connectivity index (χ0) is 22.0. The Kier molecular flexibility index (Phi) is 5.37. The third kappa shape index (κ3) is 4.23. The van der Waals surface area contributed by atoms with Crippen LogP contribution in [0.4, 0.5) is 8.78 Å². The summed E-state index contributed by atoms with van der Waals surface area (Å²) in [5, 5.41) is 2.67. The van der Waals surface area contributed by atoms with E-state index in [0.29, 0.717) is 33.7 Å². The molecule has 1 N–H and O–H groups in total. The van der Waals surface area contributed by atoms with Gasteiger partial charge in [-0.05, 0) is 61.5 Å². The average Bonchev–Trinajstić information content (AvgIpc) is 2.78. The van der Waals surface area contributed by atoms with Crippen molar-refractivity contribution in [2.45, 2.75) is 13.0 Å². The molecule has 0 bridgehead atoms. The lowest BCUT2D eigenvalue weighted by molar-refractivity contribution is 0.0948. The van der Waals surface area contributed by atoms with Crippen LogP contribution < -0.4 is 5.32 Å². The molecule has 1 amide bonds. The smallest absolute Gasteiger partial charge is 0.253 e. The SMILES string of the molecule is C#CC(C)NC(=O)c1cnc2nc(-c3ccc(F)cc3)c(-c3ccc(F)cc3)nc2c1. The van der Waals surface area contributed by atoms with E-state index >= 15 is 0 Å². The fraction of sp³-hybridized carbons (Fsp3) is 0.0833. The van der Waals surface area contributed by atoms with Gasteiger partial charge in [0.05, 0.1) is 23.0 Å². The molecule has 0 saturated carbocycles. The number of terminal acetylenes is 1. The predicted molar refractivity (Wildman–Crippen MR) is 114 cm³/mol.